The fourth-order valence-corrected chi connectivity index (χ4v) is 1.70. The Morgan fingerprint density at radius 3 is 2.58 bits per heavy atom. The Kier molecular flexibility index (Phi) is 4.81. The molecule has 0 aliphatic heterocycles. The lowest BCUT2D eigenvalue weighted by atomic mass is 10.0. The molecule has 0 atom stereocenters. The molecule has 0 radical (unpaired) electrons. The van der Waals surface area contributed by atoms with Gasteiger partial charge in [0, 0.05) is 16.8 Å². The Balaban J connectivity index is 2.68. The predicted octanol–water partition coefficient (Wildman–Crippen LogP) is 2.57. The van der Waals surface area contributed by atoms with Crippen LogP contribution in [0.2, 0.25) is 0 Å². The molecule has 3 N–H and O–H groups in total. The molecule has 0 unspecified atom stereocenters. The van der Waals surface area contributed by atoms with Crippen molar-refractivity contribution in [3.05, 3.63) is 23.3 Å². The third kappa shape index (κ3) is 4.16. The van der Waals surface area contributed by atoms with Crippen LogP contribution in [-0.4, -0.2) is 18.1 Å². The van der Waals surface area contributed by atoms with Gasteiger partial charge in [-0.1, -0.05) is 13.0 Å². The summed E-state index contributed by atoms with van der Waals surface area (Å²) in [5, 5.41) is 2.93. The third-order valence-electron chi connectivity index (χ3n) is 3.35. The Morgan fingerprint density at radius 1 is 1.37 bits per heavy atom. The number of benzene rings is 1. The smallest absolute Gasteiger partial charge is 0.258 e. The topological polar surface area (TPSA) is 64.3 Å². The SMILES string of the molecule is CCC(C)(C)NC(=O)COc1c(C)ccc(N)c1C. The van der Waals surface area contributed by atoms with Gasteiger partial charge in [-0.2, -0.15) is 0 Å². The number of carbonyl (C=O) groups is 1. The van der Waals surface area contributed by atoms with Gasteiger partial charge in [0.2, 0.25) is 0 Å². The van der Waals surface area contributed by atoms with Gasteiger partial charge in [0.25, 0.3) is 5.91 Å². The van der Waals surface area contributed by atoms with Crippen LogP contribution in [0.1, 0.15) is 38.3 Å². The van der Waals surface area contributed by atoms with Gasteiger partial charge in [0.15, 0.2) is 6.61 Å². The van der Waals surface area contributed by atoms with Crippen LogP contribution in [0.15, 0.2) is 12.1 Å². The first-order chi connectivity index (χ1) is 8.76. The third-order valence-corrected chi connectivity index (χ3v) is 3.35. The largest absolute Gasteiger partial charge is 0.483 e. The second-order valence-electron chi connectivity index (χ2n) is 5.50. The summed E-state index contributed by atoms with van der Waals surface area (Å²) < 4.78 is 5.61. The minimum Gasteiger partial charge on any atom is -0.483 e. The van der Waals surface area contributed by atoms with E-state index in [0.29, 0.717) is 11.4 Å². The van der Waals surface area contributed by atoms with E-state index >= 15 is 0 Å². The molecule has 0 saturated carbocycles. The highest BCUT2D eigenvalue weighted by molar-refractivity contribution is 5.78. The minimum absolute atomic E-state index is 0.00850. The number of nitrogens with two attached hydrogens (primary N) is 1. The molecule has 0 heterocycles. The molecule has 4 nitrogen and oxygen atoms in total. The van der Waals surface area contributed by atoms with Gasteiger partial charge in [-0.25, -0.2) is 0 Å². The molecule has 106 valence electrons. The molecule has 19 heavy (non-hydrogen) atoms. The van der Waals surface area contributed by atoms with E-state index < -0.39 is 0 Å². The number of nitrogen functional groups attached to an aromatic ring is 1. The molecule has 1 rings (SSSR count). The number of aryl methyl sites for hydroxylation is 1. The van der Waals surface area contributed by atoms with Crippen molar-refractivity contribution < 1.29 is 9.53 Å². The monoisotopic (exact) mass is 264 g/mol. The van der Waals surface area contributed by atoms with Crippen molar-refractivity contribution in [3.63, 3.8) is 0 Å². The van der Waals surface area contributed by atoms with E-state index in [2.05, 4.69) is 5.32 Å². The number of amides is 1. The predicted molar refractivity (Wildman–Crippen MR) is 78.3 cm³/mol. The lowest BCUT2D eigenvalue weighted by Crippen LogP contribution is -2.45. The molecule has 1 aromatic rings. The number of anilines is 1. The number of ether oxygens (including phenoxy) is 1. The van der Waals surface area contributed by atoms with Crippen molar-refractivity contribution in [2.24, 2.45) is 0 Å². The molecule has 0 aliphatic carbocycles. The standard InChI is InChI=1S/C15H24N2O2/c1-6-15(4,5)17-13(18)9-19-14-10(2)7-8-12(16)11(14)3/h7-8H,6,9,16H2,1-5H3,(H,17,18). The van der Waals surface area contributed by atoms with Gasteiger partial charge in [0.05, 0.1) is 0 Å². The second kappa shape index (κ2) is 5.95. The van der Waals surface area contributed by atoms with Crippen LogP contribution in [0.25, 0.3) is 0 Å². The van der Waals surface area contributed by atoms with Crippen molar-refractivity contribution in [1.82, 2.24) is 5.32 Å². The Hall–Kier alpha value is -1.71. The minimum atomic E-state index is -0.208. The summed E-state index contributed by atoms with van der Waals surface area (Å²) in [6, 6.07) is 3.74. The fraction of sp³-hybridized carbons (Fsp3) is 0.533. The van der Waals surface area contributed by atoms with E-state index in [9.17, 15) is 4.79 Å². The molecule has 0 aromatic heterocycles. The van der Waals surface area contributed by atoms with Crippen LogP contribution in [-0.2, 0) is 4.79 Å². The number of hydrogen-bond donors (Lipinski definition) is 2. The first kappa shape index (κ1) is 15.3. The van der Waals surface area contributed by atoms with Crippen LogP contribution in [0.4, 0.5) is 5.69 Å². The summed E-state index contributed by atoms with van der Waals surface area (Å²) in [6.45, 7) is 9.85. The van der Waals surface area contributed by atoms with Gasteiger partial charge in [-0.05, 0) is 45.7 Å². The lowest BCUT2D eigenvalue weighted by molar-refractivity contribution is -0.124. The van der Waals surface area contributed by atoms with Crippen LogP contribution in [0.5, 0.6) is 5.75 Å². The summed E-state index contributed by atoms with van der Waals surface area (Å²) in [7, 11) is 0. The van der Waals surface area contributed by atoms with E-state index in [1.807, 2.05) is 46.8 Å². The van der Waals surface area contributed by atoms with Crippen molar-refractivity contribution in [1.29, 1.82) is 0 Å². The molecule has 4 heteroatoms. The first-order valence-electron chi connectivity index (χ1n) is 6.56. The Labute approximate surface area is 115 Å². The molecule has 0 fully saturated rings. The quantitative estimate of drug-likeness (QED) is 0.803. The molecule has 0 saturated heterocycles. The highest BCUT2D eigenvalue weighted by Gasteiger charge is 2.18. The highest BCUT2D eigenvalue weighted by Crippen LogP contribution is 2.27. The average molecular weight is 264 g/mol. The number of carbonyl (C=O) groups excluding carboxylic acids is 1. The molecule has 0 bridgehead atoms. The van der Waals surface area contributed by atoms with E-state index in [4.69, 9.17) is 10.5 Å². The fourth-order valence-electron chi connectivity index (χ4n) is 1.70. The summed E-state index contributed by atoms with van der Waals surface area (Å²) in [5.41, 5.74) is 8.16. The first-order valence-corrected chi connectivity index (χ1v) is 6.56. The van der Waals surface area contributed by atoms with Crippen LogP contribution in [0, 0.1) is 13.8 Å². The summed E-state index contributed by atoms with van der Waals surface area (Å²) in [4.78, 5) is 11.8. The van der Waals surface area contributed by atoms with E-state index in [0.717, 1.165) is 17.5 Å². The average Bonchev–Trinajstić information content (AvgIpc) is 2.33. The second-order valence-corrected chi connectivity index (χ2v) is 5.50. The molecular formula is C15H24N2O2. The van der Waals surface area contributed by atoms with Crippen LogP contribution < -0.4 is 15.8 Å². The zero-order valence-electron chi connectivity index (χ0n) is 12.5. The van der Waals surface area contributed by atoms with E-state index in [1.165, 1.54) is 0 Å². The summed E-state index contributed by atoms with van der Waals surface area (Å²) in [6.07, 6.45) is 0.870. The summed E-state index contributed by atoms with van der Waals surface area (Å²) in [5.74, 6) is 0.581. The normalized spacial score (nSPS) is 11.2. The maximum Gasteiger partial charge on any atom is 0.258 e. The molecule has 1 aromatic carbocycles. The Bertz CT molecular complexity index is 467. The Morgan fingerprint density at radius 2 is 2.00 bits per heavy atom. The zero-order valence-corrected chi connectivity index (χ0v) is 12.5. The maximum absolute atomic E-state index is 11.8. The van der Waals surface area contributed by atoms with Crippen molar-refractivity contribution in [2.45, 2.75) is 46.6 Å². The maximum atomic E-state index is 11.8. The van der Waals surface area contributed by atoms with Gasteiger partial charge in [0.1, 0.15) is 5.75 Å². The number of rotatable bonds is 5. The van der Waals surface area contributed by atoms with E-state index in [1.54, 1.807) is 0 Å². The van der Waals surface area contributed by atoms with Gasteiger partial charge < -0.3 is 15.8 Å². The molecule has 0 aliphatic rings. The molecule has 0 spiro atoms. The van der Waals surface area contributed by atoms with Gasteiger partial charge in [-0.3, -0.25) is 4.79 Å². The summed E-state index contributed by atoms with van der Waals surface area (Å²) >= 11 is 0. The van der Waals surface area contributed by atoms with Crippen LogP contribution in [0.3, 0.4) is 0 Å². The van der Waals surface area contributed by atoms with Gasteiger partial charge in [-0.15, -0.1) is 0 Å². The van der Waals surface area contributed by atoms with Crippen molar-refractivity contribution in [3.8, 4) is 5.75 Å². The zero-order chi connectivity index (χ0) is 14.6. The van der Waals surface area contributed by atoms with Crippen molar-refractivity contribution >= 4 is 11.6 Å². The molecule has 1 amide bonds. The van der Waals surface area contributed by atoms with E-state index in [-0.39, 0.29) is 18.1 Å². The molecular weight excluding hydrogens is 240 g/mol. The number of hydrogen-bond acceptors (Lipinski definition) is 3. The van der Waals surface area contributed by atoms with Gasteiger partial charge >= 0.3 is 0 Å². The van der Waals surface area contributed by atoms with Crippen molar-refractivity contribution in [2.75, 3.05) is 12.3 Å². The van der Waals surface area contributed by atoms with Crippen LogP contribution >= 0.6 is 0 Å². The highest BCUT2D eigenvalue weighted by atomic mass is 16.5. The lowest BCUT2D eigenvalue weighted by Gasteiger charge is -2.24. The number of nitrogens with one attached hydrogen (secondary N) is 1.